The van der Waals surface area contributed by atoms with Gasteiger partial charge in [0.05, 0.1) is 34.5 Å². The lowest BCUT2D eigenvalue weighted by Crippen LogP contribution is -2.39. The van der Waals surface area contributed by atoms with Crippen molar-refractivity contribution < 1.29 is 19.0 Å². The maximum atomic E-state index is 13.9. The summed E-state index contributed by atoms with van der Waals surface area (Å²) in [6, 6.07) is 17.6. The number of esters is 1. The standard InChI is InChI=1S/C29H22ClN3O5S2/c1-3-37-28(35)23-24(18-8-5-4-6-9-18)32-29-33(25(23)21-10-7-13-39-21)27(34)22(40-29)16-17-14-19(30)26(38-12-11-31)20(15-17)36-2/h4-10,13-16,25H,3,12H2,1-2H3/b22-16-/t25-/m0/s1. The first-order valence-electron chi connectivity index (χ1n) is 12.2. The smallest absolute Gasteiger partial charge is 0.338 e. The summed E-state index contributed by atoms with van der Waals surface area (Å²) in [5, 5.41) is 11.0. The fourth-order valence-corrected chi connectivity index (χ4v) is 6.47. The highest BCUT2D eigenvalue weighted by molar-refractivity contribution is 7.10. The molecule has 0 aliphatic carbocycles. The van der Waals surface area contributed by atoms with Gasteiger partial charge in [0.1, 0.15) is 12.1 Å². The molecule has 2 aromatic carbocycles. The topological polar surface area (TPSA) is 103 Å². The first kappa shape index (κ1) is 27.4. The Balaban J connectivity index is 1.74. The molecule has 0 amide bonds. The normalized spacial score (nSPS) is 14.8. The van der Waals surface area contributed by atoms with Crippen molar-refractivity contribution in [2.45, 2.75) is 13.0 Å². The van der Waals surface area contributed by atoms with E-state index in [2.05, 4.69) is 0 Å². The third kappa shape index (κ3) is 5.19. The number of fused-ring (bicyclic) bond motifs is 1. The molecule has 2 aromatic heterocycles. The number of aromatic nitrogens is 1. The Kier molecular flexibility index (Phi) is 8.16. The van der Waals surface area contributed by atoms with Gasteiger partial charge in [-0.2, -0.15) is 5.26 Å². The molecule has 0 saturated carbocycles. The third-order valence-corrected chi connectivity index (χ3v) is 8.21. The highest BCUT2D eigenvalue weighted by Gasteiger charge is 2.35. The van der Waals surface area contributed by atoms with E-state index in [1.54, 1.807) is 29.7 Å². The van der Waals surface area contributed by atoms with Crippen molar-refractivity contribution in [1.82, 2.24) is 4.57 Å². The van der Waals surface area contributed by atoms with E-state index in [4.69, 9.17) is 36.1 Å². The van der Waals surface area contributed by atoms with Crippen molar-refractivity contribution in [1.29, 1.82) is 5.26 Å². The summed E-state index contributed by atoms with van der Waals surface area (Å²) in [4.78, 5) is 33.4. The number of nitriles is 1. The predicted octanol–water partition coefficient (Wildman–Crippen LogP) is 4.56. The molecule has 11 heteroatoms. The summed E-state index contributed by atoms with van der Waals surface area (Å²) in [5.41, 5.74) is 1.80. The summed E-state index contributed by atoms with van der Waals surface area (Å²) in [7, 11) is 1.46. The van der Waals surface area contributed by atoms with Crippen LogP contribution in [0.15, 0.2) is 75.3 Å². The van der Waals surface area contributed by atoms with Gasteiger partial charge in [0.25, 0.3) is 5.56 Å². The van der Waals surface area contributed by atoms with E-state index in [1.807, 2.05) is 53.9 Å². The molecule has 0 unspecified atom stereocenters. The van der Waals surface area contributed by atoms with Crippen molar-refractivity contribution in [2.75, 3.05) is 20.3 Å². The largest absolute Gasteiger partial charge is 0.493 e. The molecule has 40 heavy (non-hydrogen) atoms. The lowest BCUT2D eigenvalue weighted by atomic mass is 9.97. The van der Waals surface area contributed by atoms with Gasteiger partial charge in [0.15, 0.2) is 22.9 Å². The van der Waals surface area contributed by atoms with Crippen molar-refractivity contribution in [3.8, 4) is 17.6 Å². The average molecular weight is 592 g/mol. The van der Waals surface area contributed by atoms with Crippen molar-refractivity contribution >= 4 is 52.0 Å². The summed E-state index contributed by atoms with van der Waals surface area (Å²) >= 11 is 9.08. The molecule has 0 saturated heterocycles. The molecule has 5 rings (SSSR count). The van der Waals surface area contributed by atoms with E-state index >= 15 is 0 Å². The van der Waals surface area contributed by atoms with Gasteiger partial charge in [-0.3, -0.25) is 9.36 Å². The minimum atomic E-state index is -0.715. The lowest BCUT2D eigenvalue weighted by molar-refractivity contribution is -0.138. The number of thiophene rings is 1. The third-order valence-electron chi connectivity index (χ3n) is 6.02. The van der Waals surface area contributed by atoms with E-state index in [0.717, 1.165) is 10.4 Å². The fourth-order valence-electron chi connectivity index (χ4n) is 4.38. The Morgan fingerprint density at radius 1 is 1.23 bits per heavy atom. The Morgan fingerprint density at radius 3 is 2.70 bits per heavy atom. The number of halogens is 1. The number of hydrogen-bond donors (Lipinski definition) is 0. The van der Waals surface area contributed by atoms with Crippen molar-refractivity contribution in [3.05, 3.63) is 106 Å². The average Bonchev–Trinajstić information content (AvgIpc) is 3.60. The van der Waals surface area contributed by atoms with Crippen LogP contribution in [0, 0.1) is 11.3 Å². The van der Waals surface area contributed by atoms with Crippen LogP contribution in [-0.2, 0) is 9.53 Å². The number of hydrogen-bond acceptors (Lipinski definition) is 9. The zero-order valence-corrected chi connectivity index (χ0v) is 23.8. The zero-order chi connectivity index (χ0) is 28.2. The van der Waals surface area contributed by atoms with Crippen molar-refractivity contribution in [3.63, 3.8) is 0 Å². The van der Waals surface area contributed by atoms with Gasteiger partial charge in [-0.1, -0.05) is 59.3 Å². The maximum Gasteiger partial charge on any atom is 0.338 e. The highest BCUT2D eigenvalue weighted by atomic mass is 35.5. The van der Waals surface area contributed by atoms with Crippen LogP contribution in [0.25, 0.3) is 11.8 Å². The molecule has 3 heterocycles. The van der Waals surface area contributed by atoms with Gasteiger partial charge in [-0.05, 0) is 42.1 Å². The van der Waals surface area contributed by atoms with E-state index in [0.29, 0.717) is 31.9 Å². The fraction of sp³-hybridized carbons (Fsp3) is 0.172. The Bertz CT molecular complexity index is 1820. The molecule has 1 aliphatic heterocycles. The summed E-state index contributed by atoms with van der Waals surface area (Å²) < 4.78 is 18.2. The first-order chi connectivity index (χ1) is 19.5. The second kappa shape index (κ2) is 11.9. The molecule has 202 valence electrons. The number of benzene rings is 2. The van der Waals surface area contributed by atoms with Crippen LogP contribution in [0.5, 0.6) is 11.5 Å². The van der Waals surface area contributed by atoms with Gasteiger partial charge in [0.2, 0.25) is 0 Å². The number of rotatable bonds is 8. The van der Waals surface area contributed by atoms with Gasteiger partial charge < -0.3 is 14.2 Å². The highest BCUT2D eigenvalue weighted by Crippen LogP contribution is 2.38. The van der Waals surface area contributed by atoms with Crippen LogP contribution in [-0.4, -0.2) is 30.9 Å². The summed E-state index contributed by atoms with van der Waals surface area (Å²) in [5.74, 6) is 0.0464. The van der Waals surface area contributed by atoms with Gasteiger partial charge in [-0.15, -0.1) is 11.3 Å². The predicted molar refractivity (Wildman–Crippen MR) is 154 cm³/mol. The molecule has 0 N–H and O–H groups in total. The van der Waals surface area contributed by atoms with Crippen LogP contribution < -0.4 is 24.4 Å². The number of carbonyl (C=O) groups excluding carboxylic acids is 1. The quantitative estimate of drug-likeness (QED) is 0.278. The molecule has 8 nitrogen and oxygen atoms in total. The molecule has 0 fully saturated rings. The molecular weight excluding hydrogens is 570 g/mol. The lowest BCUT2D eigenvalue weighted by Gasteiger charge is -2.24. The van der Waals surface area contributed by atoms with Gasteiger partial charge >= 0.3 is 5.97 Å². The van der Waals surface area contributed by atoms with E-state index in [-0.39, 0.29) is 29.5 Å². The van der Waals surface area contributed by atoms with Crippen LogP contribution in [0.4, 0.5) is 0 Å². The van der Waals surface area contributed by atoms with Gasteiger partial charge in [-0.25, -0.2) is 9.79 Å². The van der Waals surface area contributed by atoms with Crippen LogP contribution in [0.3, 0.4) is 0 Å². The Hall–Kier alpha value is -4.17. The van der Waals surface area contributed by atoms with E-state index in [9.17, 15) is 9.59 Å². The molecule has 0 spiro atoms. The van der Waals surface area contributed by atoms with Crippen LogP contribution in [0.2, 0.25) is 5.02 Å². The molecule has 0 radical (unpaired) electrons. The molecular formula is C29H22ClN3O5S2. The molecule has 1 aliphatic rings. The van der Waals surface area contributed by atoms with Crippen LogP contribution in [0.1, 0.15) is 29.0 Å². The summed E-state index contributed by atoms with van der Waals surface area (Å²) in [6.07, 6.45) is 1.69. The number of ether oxygens (including phenoxy) is 3. The Labute approximate surface area is 242 Å². The molecule has 1 atom stereocenters. The minimum Gasteiger partial charge on any atom is -0.493 e. The van der Waals surface area contributed by atoms with Crippen LogP contribution >= 0.6 is 34.3 Å². The first-order valence-corrected chi connectivity index (χ1v) is 14.2. The number of carbonyl (C=O) groups is 1. The number of nitrogens with zero attached hydrogens (tertiary/aromatic N) is 3. The van der Waals surface area contributed by atoms with Crippen molar-refractivity contribution in [2.24, 2.45) is 4.99 Å². The monoisotopic (exact) mass is 591 g/mol. The van der Waals surface area contributed by atoms with E-state index in [1.165, 1.54) is 29.8 Å². The number of thiazole rings is 1. The minimum absolute atomic E-state index is 0.183. The maximum absolute atomic E-state index is 13.9. The molecule has 0 bridgehead atoms. The second-order valence-electron chi connectivity index (χ2n) is 8.43. The van der Waals surface area contributed by atoms with E-state index < -0.39 is 12.0 Å². The SMILES string of the molecule is CCOC(=O)C1=C(c2ccccc2)N=c2s/c(=C\c3cc(Cl)c(OCC#N)c(OC)c3)c(=O)n2[C@H]1c1cccs1. The second-order valence-corrected chi connectivity index (χ2v) is 10.8. The summed E-state index contributed by atoms with van der Waals surface area (Å²) in [6.45, 7) is 1.73. The Morgan fingerprint density at radius 2 is 2.02 bits per heavy atom. The number of methoxy groups -OCH3 is 1. The zero-order valence-electron chi connectivity index (χ0n) is 21.4. The molecule has 4 aromatic rings. The van der Waals surface area contributed by atoms with Gasteiger partial charge in [0, 0.05) is 10.4 Å².